The molecule has 1 aliphatic heterocycles. The van der Waals surface area contributed by atoms with Crippen molar-refractivity contribution in [1.29, 1.82) is 5.26 Å². The maximum atomic E-state index is 9.82. The molecule has 316 valence electrons. The number of ether oxygens (including phenoxy) is 1. The van der Waals surface area contributed by atoms with Crippen molar-refractivity contribution < 1.29 is 25.8 Å². The fourth-order valence-corrected chi connectivity index (χ4v) is 8.90. The summed E-state index contributed by atoms with van der Waals surface area (Å²) in [6, 6.07) is 77.7. The van der Waals surface area contributed by atoms with Crippen LogP contribution >= 0.6 is 0 Å². The van der Waals surface area contributed by atoms with Gasteiger partial charge in [0.2, 0.25) is 5.69 Å². The molecule has 1 aliphatic rings. The Balaban J connectivity index is 0.00000511. The predicted octanol–water partition coefficient (Wildman–Crippen LogP) is 14.6. The minimum absolute atomic E-state index is 0. The van der Waals surface area contributed by atoms with Crippen molar-refractivity contribution in [1.82, 2.24) is 18.7 Å². The van der Waals surface area contributed by atoms with Gasteiger partial charge in [-0.2, -0.15) is 17.4 Å². The second-order valence-electron chi connectivity index (χ2n) is 17.2. The summed E-state index contributed by atoms with van der Waals surface area (Å²) in [5.41, 5.74) is 13.9. The van der Waals surface area contributed by atoms with Crippen LogP contribution < -0.4 is 13.9 Å². The number of pyridine rings is 1. The van der Waals surface area contributed by atoms with Gasteiger partial charge >= 0.3 is 32.8 Å². The second-order valence-corrected chi connectivity index (χ2v) is 17.2. The molecule has 0 amide bonds. The van der Waals surface area contributed by atoms with Gasteiger partial charge in [-0.25, -0.2) is 4.98 Å². The molecule has 0 atom stereocenters. The fourth-order valence-electron chi connectivity index (χ4n) is 8.90. The topological polar surface area (TPSA) is 56.9 Å². The average Bonchev–Trinajstić information content (AvgIpc) is 3.90. The third-order valence-electron chi connectivity index (χ3n) is 12.0. The van der Waals surface area contributed by atoms with E-state index in [-0.39, 0.29) is 26.5 Å². The van der Waals surface area contributed by atoms with Crippen molar-refractivity contribution in [2.75, 3.05) is 0 Å². The van der Waals surface area contributed by atoms with Crippen LogP contribution in [0.4, 0.5) is 22.7 Å². The number of nitriles is 1. The number of benzene rings is 8. The van der Waals surface area contributed by atoms with E-state index in [2.05, 4.69) is 192 Å². The SMILES string of the molecule is CC(C)(C)c1ccnc(-n2c3[c-]c(Oc4[c-]c([N+]5=C=[N+](c6ccccc6)c6c(-c7c(-c8ccccc8)cccc7-c7ccccc7)cccc65)ccc4)ccc3c3cc(C#N)ccc32)c1.[Pt+2]. The summed E-state index contributed by atoms with van der Waals surface area (Å²) in [7, 11) is 0. The predicted molar refractivity (Wildman–Crippen MR) is 263 cm³/mol. The molecule has 0 unspecified atom stereocenters. The fraction of sp³-hybridized carbons (Fsp3) is 0.0678. The van der Waals surface area contributed by atoms with Crippen LogP contribution in [0.5, 0.6) is 11.5 Å². The van der Waals surface area contributed by atoms with Crippen molar-refractivity contribution >= 4 is 50.6 Å². The average molecular weight is 1030 g/mol. The standard InChI is InChI=1S/C59H41N5O.Pt/c1-59(2,3)43-32-33-61-56(35-43)64-53-31-28-40(38-60)34-52(53)50-30-29-47(37-55(50)64)65-46-23-13-22-45(36-46)62-39-63(44-20-11-6-12-21-44)58-51(26-15-27-54(58)62)57-48(41-16-7-4-8-17-41)24-14-25-49(57)42-18-9-5-10-19-42;/h4-35H,1-3H3;/q;+2. The molecule has 0 radical (unpaired) electrons. The summed E-state index contributed by atoms with van der Waals surface area (Å²) in [6.07, 6.45) is 1.86. The number of nitrogens with zero attached hydrogens (tertiary/aromatic N) is 5. The monoisotopic (exact) mass is 1030 g/mol. The van der Waals surface area contributed by atoms with Crippen LogP contribution in [0.15, 0.2) is 194 Å². The van der Waals surface area contributed by atoms with Crippen LogP contribution in [0.25, 0.3) is 61.0 Å². The Morgan fingerprint density at radius 1 is 0.621 bits per heavy atom. The molecule has 0 bridgehead atoms. The zero-order valence-electron chi connectivity index (χ0n) is 36.4. The second kappa shape index (κ2) is 17.2. The third kappa shape index (κ3) is 7.55. The van der Waals surface area contributed by atoms with Gasteiger partial charge in [0, 0.05) is 47.0 Å². The maximum Gasteiger partial charge on any atom is 2.00 e. The molecule has 8 aromatic carbocycles. The Hall–Kier alpha value is -7.93. The molecule has 0 fully saturated rings. The van der Waals surface area contributed by atoms with Crippen molar-refractivity contribution in [2.45, 2.75) is 26.2 Å². The minimum Gasteiger partial charge on any atom is -0.509 e. The summed E-state index contributed by atoms with van der Waals surface area (Å²) < 4.78 is 13.0. The Morgan fingerprint density at radius 3 is 1.97 bits per heavy atom. The first-order valence-electron chi connectivity index (χ1n) is 21.7. The Bertz CT molecular complexity index is 3540. The largest absolute Gasteiger partial charge is 2.00 e. The Morgan fingerprint density at radius 2 is 1.27 bits per heavy atom. The first-order chi connectivity index (χ1) is 31.8. The number of hydrogen-bond acceptors (Lipinski definition) is 3. The molecule has 0 saturated carbocycles. The van der Waals surface area contributed by atoms with Crippen molar-refractivity contribution in [3.63, 3.8) is 0 Å². The number of hydrogen-bond donors (Lipinski definition) is 0. The summed E-state index contributed by atoms with van der Waals surface area (Å²) in [6.45, 7) is 6.59. The zero-order valence-corrected chi connectivity index (χ0v) is 38.7. The van der Waals surface area contributed by atoms with Crippen LogP contribution in [-0.2, 0) is 26.5 Å². The van der Waals surface area contributed by atoms with E-state index in [1.165, 1.54) is 0 Å². The van der Waals surface area contributed by atoms with Gasteiger partial charge in [-0.1, -0.05) is 146 Å². The van der Waals surface area contributed by atoms with Gasteiger partial charge < -0.3 is 9.30 Å². The summed E-state index contributed by atoms with van der Waals surface area (Å²) in [4.78, 5) is 4.83. The molecular weight excluding hydrogens is 990 g/mol. The van der Waals surface area contributed by atoms with E-state index < -0.39 is 0 Å². The van der Waals surface area contributed by atoms with Crippen molar-refractivity contribution in [3.05, 3.63) is 218 Å². The first kappa shape index (κ1) is 42.0. The molecule has 3 heterocycles. The smallest absolute Gasteiger partial charge is 0.509 e. The van der Waals surface area contributed by atoms with E-state index in [4.69, 9.17) is 9.72 Å². The maximum absolute atomic E-state index is 9.82. The van der Waals surface area contributed by atoms with Crippen LogP contribution in [0.1, 0.15) is 31.9 Å². The van der Waals surface area contributed by atoms with E-state index in [1.807, 2.05) is 60.8 Å². The molecule has 2 aromatic heterocycles. The molecule has 6 nitrogen and oxygen atoms in total. The van der Waals surface area contributed by atoms with Crippen LogP contribution in [-0.4, -0.2) is 15.6 Å². The van der Waals surface area contributed by atoms with Gasteiger partial charge in [-0.15, -0.1) is 23.6 Å². The summed E-state index contributed by atoms with van der Waals surface area (Å²) in [5, 5.41) is 11.7. The van der Waals surface area contributed by atoms with Crippen LogP contribution in [0.3, 0.4) is 0 Å². The van der Waals surface area contributed by atoms with Crippen LogP contribution in [0.2, 0.25) is 0 Å². The number of aromatic nitrogens is 2. The van der Waals surface area contributed by atoms with E-state index in [1.54, 1.807) is 0 Å². The van der Waals surface area contributed by atoms with Gasteiger partial charge in [-0.3, -0.25) is 0 Å². The molecular formula is C59H41N5OPt+2. The van der Waals surface area contributed by atoms with E-state index in [9.17, 15) is 5.26 Å². The molecule has 0 aliphatic carbocycles. The molecule has 66 heavy (non-hydrogen) atoms. The van der Waals surface area contributed by atoms with Crippen molar-refractivity contribution in [3.8, 4) is 56.8 Å². The number of rotatable bonds is 8. The quantitative estimate of drug-likeness (QED) is 0.113. The Kier molecular flexibility index (Phi) is 11.0. The van der Waals surface area contributed by atoms with Crippen LogP contribution in [0, 0.1) is 23.5 Å². The number of para-hydroxylation sites is 2. The first-order valence-corrected chi connectivity index (χ1v) is 21.7. The molecule has 0 saturated heterocycles. The molecule has 10 aromatic rings. The number of fused-ring (bicyclic) bond motifs is 4. The van der Waals surface area contributed by atoms with Gasteiger partial charge in [-0.05, 0) is 79.6 Å². The summed E-state index contributed by atoms with van der Waals surface area (Å²) >= 11 is 0. The van der Waals surface area contributed by atoms with Gasteiger partial charge in [0.1, 0.15) is 11.5 Å². The molecule has 11 rings (SSSR count). The normalized spacial score (nSPS) is 12.0. The van der Waals surface area contributed by atoms with Gasteiger partial charge in [0.25, 0.3) is 5.69 Å². The summed E-state index contributed by atoms with van der Waals surface area (Å²) in [5.74, 6) is 1.82. The zero-order chi connectivity index (χ0) is 44.1. The van der Waals surface area contributed by atoms with E-state index in [0.29, 0.717) is 17.1 Å². The molecule has 7 heteroatoms. The van der Waals surface area contributed by atoms with Crippen molar-refractivity contribution in [2.24, 2.45) is 0 Å². The van der Waals surface area contributed by atoms with Gasteiger partial charge in [0.15, 0.2) is 0 Å². The van der Waals surface area contributed by atoms with Gasteiger partial charge in [0.05, 0.1) is 17.2 Å². The molecule has 0 N–H and O–H groups in total. The van der Waals surface area contributed by atoms with E-state index in [0.717, 1.165) is 89.3 Å². The Labute approximate surface area is 398 Å². The third-order valence-corrected chi connectivity index (χ3v) is 12.0. The van der Waals surface area contributed by atoms with E-state index >= 15 is 0 Å². The minimum atomic E-state index is -0.0780. The molecule has 0 spiro atoms.